The predicted octanol–water partition coefficient (Wildman–Crippen LogP) is 0.744. The van der Waals surface area contributed by atoms with Gasteiger partial charge >= 0.3 is 5.97 Å². The molecule has 0 aromatic heterocycles. The molecule has 3 nitrogen and oxygen atoms in total. The van der Waals surface area contributed by atoms with Crippen molar-refractivity contribution in [3.63, 3.8) is 0 Å². The summed E-state index contributed by atoms with van der Waals surface area (Å²) in [5.74, 6) is -0.551. The predicted molar refractivity (Wildman–Crippen MR) is 43.6 cm³/mol. The summed E-state index contributed by atoms with van der Waals surface area (Å²) in [4.78, 5) is 10.8. The van der Waals surface area contributed by atoms with Crippen molar-refractivity contribution in [3.05, 3.63) is 37.1 Å². The highest BCUT2D eigenvalue weighted by atomic mass is 16.5. The fourth-order valence-electron chi connectivity index (χ4n) is 0.413. The van der Waals surface area contributed by atoms with Gasteiger partial charge in [-0.1, -0.05) is 25.3 Å². The van der Waals surface area contributed by atoms with Gasteiger partial charge in [0.25, 0.3) is 0 Å². The zero-order valence-electron chi connectivity index (χ0n) is 6.25. The smallest absolute Gasteiger partial charge is 0.354 e. The van der Waals surface area contributed by atoms with Crippen LogP contribution in [-0.2, 0) is 9.53 Å². The molecule has 0 bridgehead atoms. The van der Waals surface area contributed by atoms with Crippen molar-refractivity contribution < 1.29 is 9.53 Å². The number of hydrogen-bond donors (Lipinski definition) is 1. The van der Waals surface area contributed by atoms with E-state index in [-0.39, 0.29) is 12.3 Å². The Morgan fingerprint density at radius 2 is 2.18 bits per heavy atom. The van der Waals surface area contributed by atoms with E-state index in [1.54, 1.807) is 0 Å². The maximum atomic E-state index is 10.8. The van der Waals surface area contributed by atoms with Crippen LogP contribution in [0.4, 0.5) is 0 Å². The molecule has 0 rings (SSSR count). The number of hydrogen-bond acceptors (Lipinski definition) is 3. The van der Waals surface area contributed by atoms with Crippen molar-refractivity contribution in [1.82, 2.24) is 0 Å². The first-order valence-corrected chi connectivity index (χ1v) is 3.08. The Kier molecular flexibility index (Phi) is 4.56. The van der Waals surface area contributed by atoms with E-state index in [4.69, 9.17) is 5.73 Å². The lowest BCUT2D eigenvalue weighted by atomic mass is 10.4. The standard InChI is InChI=1S/C8H11NO2/c1-3-5-7(9)8(10)11-6-4-2/h3-5H,1-2,6,9H2. The van der Waals surface area contributed by atoms with E-state index in [0.717, 1.165) is 0 Å². The fraction of sp³-hybridized carbons (Fsp3) is 0.125. The van der Waals surface area contributed by atoms with Gasteiger partial charge in [0.1, 0.15) is 12.3 Å². The monoisotopic (exact) mass is 153 g/mol. The third kappa shape index (κ3) is 3.97. The summed E-state index contributed by atoms with van der Waals surface area (Å²) in [6.07, 6.45) is 4.27. The summed E-state index contributed by atoms with van der Waals surface area (Å²) in [6, 6.07) is 0. The first kappa shape index (κ1) is 9.49. The molecule has 11 heavy (non-hydrogen) atoms. The first-order valence-electron chi connectivity index (χ1n) is 3.08. The van der Waals surface area contributed by atoms with Crippen LogP contribution in [-0.4, -0.2) is 12.6 Å². The van der Waals surface area contributed by atoms with Gasteiger partial charge in [0, 0.05) is 0 Å². The molecule has 3 heteroatoms. The molecule has 0 fully saturated rings. The van der Waals surface area contributed by atoms with Gasteiger partial charge in [-0.25, -0.2) is 4.79 Å². The molecule has 0 amide bonds. The largest absolute Gasteiger partial charge is 0.457 e. The van der Waals surface area contributed by atoms with Crippen LogP contribution in [0.15, 0.2) is 37.1 Å². The molecule has 60 valence electrons. The molecule has 0 aliphatic rings. The zero-order chi connectivity index (χ0) is 8.69. The lowest BCUT2D eigenvalue weighted by Crippen LogP contribution is -2.14. The van der Waals surface area contributed by atoms with Gasteiger partial charge in [0.15, 0.2) is 0 Å². The Balaban J connectivity index is 3.92. The number of allylic oxidation sites excluding steroid dienone is 2. The number of carbonyl (C=O) groups excluding carboxylic acids is 1. The molecule has 0 aliphatic heterocycles. The Bertz CT molecular complexity index is 194. The van der Waals surface area contributed by atoms with Gasteiger partial charge in [0.2, 0.25) is 0 Å². The van der Waals surface area contributed by atoms with E-state index in [1.165, 1.54) is 18.2 Å². The molecular weight excluding hydrogens is 142 g/mol. The van der Waals surface area contributed by atoms with Crippen molar-refractivity contribution in [2.24, 2.45) is 5.73 Å². The molecule has 0 aliphatic carbocycles. The third-order valence-electron chi connectivity index (χ3n) is 0.865. The molecule has 0 saturated carbocycles. The summed E-state index contributed by atoms with van der Waals surface area (Å²) >= 11 is 0. The van der Waals surface area contributed by atoms with E-state index in [1.807, 2.05) is 0 Å². The van der Waals surface area contributed by atoms with E-state index in [2.05, 4.69) is 17.9 Å². The molecule has 0 saturated heterocycles. The molecule has 0 aromatic rings. The minimum absolute atomic E-state index is 0.0434. The normalized spacial score (nSPS) is 10.4. The Labute approximate surface area is 65.8 Å². The van der Waals surface area contributed by atoms with Crippen LogP contribution in [0.1, 0.15) is 0 Å². The van der Waals surface area contributed by atoms with Crippen LogP contribution in [0, 0.1) is 0 Å². The molecule has 0 atom stereocenters. The summed E-state index contributed by atoms with van der Waals surface area (Å²) < 4.78 is 4.61. The summed E-state index contributed by atoms with van der Waals surface area (Å²) in [6.45, 7) is 6.93. The molecule has 0 radical (unpaired) electrons. The number of ether oxygens (including phenoxy) is 1. The van der Waals surface area contributed by atoms with Crippen LogP contribution < -0.4 is 5.73 Å². The average Bonchev–Trinajstić information content (AvgIpc) is 2.00. The van der Waals surface area contributed by atoms with E-state index < -0.39 is 5.97 Å². The Morgan fingerprint density at radius 1 is 1.55 bits per heavy atom. The maximum Gasteiger partial charge on any atom is 0.354 e. The average molecular weight is 153 g/mol. The van der Waals surface area contributed by atoms with Gasteiger partial charge in [0.05, 0.1) is 0 Å². The van der Waals surface area contributed by atoms with Crippen molar-refractivity contribution in [2.75, 3.05) is 6.61 Å². The second-order valence-corrected chi connectivity index (χ2v) is 1.74. The summed E-state index contributed by atoms with van der Waals surface area (Å²) in [7, 11) is 0. The topological polar surface area (TPSA) is 52.3 Å². The number of carbonyl (C=O) groups is 1. The maximum absolute atomic E-state index is 10.8. The van der Waals surface area contributed by atoms with Crippen LogP contribution in [0.25, 0.3) is 0 Å². The van der Waals surface area contributed by atoms with Gasteiger partial charge < -0.3 is 10.5 Å². The van der Waals surface area contributed by atoms with Crippen LogP contribution in [0.2, 0.25) is 0 Å². The van der Waals surface area contributed by atoms with E-state index in [9.17, 15) is 4.79 Å². The van der Waals surface area contributed by atoms with E-state index >= 15 is 0 Å². The van der Waals surface area contributed by atoms with Gasteiger partial charge in [-0.2, -0.15) is 0 Å². The van der Waals surface area contributed by atoms with Crippen LogP contribution >= 0.6 is 0 Å². The van der Waals surface area contributed by atoms with Gasteiger partial charge in [-0.3, -0.25) is 0 Å². The quantitative estimate of drug-likeness (QED) is 0.280. The van der Waals surface area contributed by atoms with Gasteiger partial charge in [-0.15, -0.1) is 0 Å². The molecule has 2 N–H and O–H groups in total. The Hall–Kier alpha value is -1.51. The van der Waals surface area contributed by atoms with E-state index in [0.29, 0.717) is 0 Å². The number of nitrogens with two attached hydrogens (primary N) is 1. The molecular formula is C8H11NO2. The SMILES string of the molecule is C=CC=C(N)C(=O)OCC=C. The van der Waals surface area contributed by atoms with Crippen LogP contribution in [0.5, 0.6) is 0 Å². The minimum atomic E-state index is -0.551. The van der Waals surface area contributed by atoms with Crippen molar-refractivity contribution in [2.45, 2.75) is 0 Å². The lowest BCUT2D eigenvalue weighted by Gasteiger charge is -1.99. The first-order chi connectivity index (χ1) is 5.22. The fourth-order valence-corrected chi connectivity index (χ4v) is 0.413. The second kappa shape index (κ2) is 5.29. The van der Waals surface area contributed by atoms with Crippen molar-refractivity contribution in [3.8, 4) is 0 Å². The van der Waals surface area contributed by atoms with Gasteiger partial charge in [-0.05, 0) is 6.08 Å². The third-order valence-corrected chi connectivity index (χ3v) is 0.865. The lowest BCUT2D eigenvalue weighted by molar-refractivity contribution is -0.137. The summed E-state index contributed by atoms with van der Waals surface area (Å²) in [5, 5.41) is 0. The minimum Gasteiger partial charge on any atom is -0.457 e. The molecule has 0 spiro atoms. The molecule has 0 aromatic carbocycles. The highest BCUT2D eigenvalue weighted by Crippen LogP contribution is 1.89. The number of rotatable bonds is 4. The second-order valence-electron chi connectivity index (χ2n) is 1.74. The van der Waals surface area contributed by atoms with Crippen LogP contribution in [0.3, 0.4) is 0 Å². The highest BCUT2D eigenvalue weighted by Gasteiger charge is 2.02. The molecule has 0 heterocycles. The Morgan fingerprint density at radius 3 is 2.64 bits per heavy atom. The summed E-state index contributed by atoms with van der Waals surface area (Å²) in [5.41, 5.74) is 5.29. The van der Waals surface area contributed by atoms with Crippen molar-refractivity contribution >= 4 is 5.97 Å². The zero-order valence-corrected chi connectivity index (χ0v) is 6.25. The highest BCUT2D eigenvalue weighted by molar-refractivity contribution is 5.87. The molecule has 0 unspecified atom stereocenters. The van der Waals surface area contributed by atoms with Crippen molar-refractivity contribution in [1.29, 1.82) is 0 Å². The number of esters is 1.